The zero-order valence-electron chi connectivity index (χ0n) is 9.36. The summed E-state index contributed by atoms with van der Waals surface area (Å²) in [7, 11) is 1.61. The second kappa shape index (κ2) is 4.89. The van der Waals surface area contributed by atoms with Crippen molar-refractivity contribution in [2.75, 3.05) is 12.4 Å². The third-order valence-electron chi connectivity index (χ3n) is 2.19. The van der Waals surface area contributed by atoms with Gasteiger partial charge in [0.25, 0.3) is 0 Å². The third-order valence-corrected chi connectivity index (χ3v) is 3.32. The number of alkyl halides is 1. The van der Waals surface area contributed by atoms with Crippen LogP contribution in [0.2, 0.25) is 0 Å². The zero-order valence-corrected chi connectivity index (χ0v) is 10.9. The molecule has 0 aliphatic carbocycles. The van der Waals surface area contributed by atoms with Crippen molar-refractivity contribution >= 4 is 44.2 Å². The summed E-state index contributed by atoms with van der Waals surface area (Å²) in [4.78, 5) is 15.7. The molecule has 1 amide bonds. The molecule has 2 aromatic rings. The first-order valence-electron chi connectivity index (χ1n) is 4.99. The lowest BCUT2D eigenvalue weighted by molar-refractivity contribution is -0.115. The van der Waals surface area contributed by atoms with Gasteiger partial charge in [-0.05, 0) is 25.1 Å². The molecular weight excluding hydrogens is 260 g/mol. The van der Waals surface area contributed by atoms with Crippen LogP contribution in [0, 0.1) is 0 Å². The van der Waals surface area contributed by atoms with Crippen LogP contribution in [-0.4, -0.2) is 23.4 Å². The highest BCUT2D eigenvalue weighted by Gasteiger charge is 2.12. The Morgan fingerprint density at radius 2 is 2.35 bits per heavy atom. The Kier molecular flexibility index (Phi) is 3.49. The van der Waals surface area contributed by atoms with E-state index in [9.17, 15) is 4.79 Å². The third kappa shape index (κ3) is 2.68. The summed E-state index contributed by atoms with van der Waals surface area (Å²) in [5.41, 5.74) is 0.827. The summed E-state index contributed by atoms with van der Waals surface area (Å²) in [5, 5.41) is 2.64. The average molecular weight is 271 g/mol. The molecule has 1 heterocycles. The first-order chi connectivity index (χ1) is 8.10. The molecule has 2 rings (SSSR count). The van der Waals surface area contributed by atoms with Crippen molar-refractivity contribution in [3.8, 4) is 5.75 Å². The molecule has 6 heteroatoms. The smallest absolute Gasteiger partial charge is 0.243 e. The lowest BCUT2D eigenvalue weighted by atomic mass is 10.3. The van der Waals surface area contributed by atoms with Crippen molar-refractivity contribution in [1.82, 2.24) is 4.98 Å². The predicted molar refractivity (Wildman–Crippen MR) is 70.1 cm³/mol. The van der Waals surface area contributed by atoms with E-state index >= 15 is 0 Å². The van der Waals surface area contributed by atoms with Crippen LogP contribution < -0.4 is 10.1 Å². The highest BCUT2D eigenvalue weighted by molar-refractivity contribution is 7.22. The Hall–Kier alpha value is -1.33. The highest BCUT2D eigenvalue weighted by atomic mass is 35.5. The maximum Gasteiger partial charge on any atom is 0.243 e. The van der Waals surface area contributed by atoms with Gasteiger partial charge in [0.05, 0.1) is 17.3 Å². The number of aromatic nitrogens is 1. The van der Waals surface area contributed by atoms with Crippen LogP contribution in [0.25, 0.3) is 10.2 Å². The van der Waals surface area contributed by atoms with Crippen molar-refractivity contribution in [2.45, 2.75) is 12.3 Å². The molecular formula is C11H11ClN2O2S. The van der Waals surface area contributed by atoms with Gasteiger partial charge in [0, 0.05) is 0 Å². The Labute approximate surface area is 108 Å². The van der Waals surface area contributed by atoms with Crippen LogP contribution in [0.4, 0.5) is 5.13 Å². The number of fused-ring (bicyclic) bond motifs is 1. The fourth-order valence-electron chi connectivity index (χ4n) is 1.29. The van der Waals surface area contributed by atoms with Crippen LogP contribution in [-0.2, 0) is 4.79 Å². The van der Waals surface area contributed by atoms with E-state index in [1.165, 1.54) is 11.3 Å². The molecule has 90 valence electrons. The monoisotopic (exact) mass is 270 g/mol. The average Bonchev–Trinajstić information content (AvgIpc) is 2.69. The number of hydrogen-bond donors (Lipinski definition) is 1. The van der Waals surface area contributed by atoms with Crippen molar-refractivity contribution in [3.05, 3.63) is 18.2 Å². The van der Waals surface area contributed by atoms with Crippen LogP contribution >= 0.6 is 22.9 Å². The Bertz CT molecular complexity index is 553. The highest BCUT2D eigenvalue weighted by Crippen LogP contribution is 2.29. The summed E-state index contributed by atoms with van der Waals surface area (Å²) < 4.78 is 6.08. The minimum atomic E-state index is -0.573. The molecule has 0 aliphatic heterocycles. The van der Waals surface area contributed by atoms with Gasteiger partial charge in [-0.25, -0.2) is 4.98 Å². The first kappa shape index (κ1) is 12.1. The van der Waals surface area contributed by atoms with Gasteiger partial charge in [-0.1, -0.05) is 11.3 Å². The number of carbonyl (C=O) groups is 1. The van der Waals surface area contributed by atoms with Gasteiger partial charge in [0.2, 0.25) is 5.91 Å². The normalized spacial score (nSPS) is 12.4. The Morgan fingerprint density at radius 3 is 3.00 bits per heavy atom. The maximum absolute atomic E-state index is 11.4. The van der Waals surface area contributed by atoms with Crippen LogP contribution in [0.1, 0.15) is 6.92 Å². The van der Waals surface area contributed by atoms with Gasteiger partial charge in [0.1, 0.15) is 11.1 Å². The van der Waals surface area contributed by atoms with Gasteiger partial charge >= 0.3 is 0 Å². The van der Waals surface area contributed by atoms with E-state index in [1.54, 1.807) is 14.0 Å². The number of thiazole rings is 1. The minimum Gasteiger partial charge on any atom is -0.497 e. The number of halogens is 1. The molecule has 0 aliphatic rings. The van der Waals surface area contributed by atoms with Gasteiger partial charge in [0.15, 0.2) is 5.13 Å². The van der Waals surface area contributed by atoms with Crippen molar-refractivity contribution in [2.24, 2.45) is 0 Å². The van der Waals surface area contributed by atoms with Crippen LogP contribution in [0.3, 0.4) is 0 Å². The molecule has 17 heavy (non-hydrogen) atoms. The molecule has 0 saturated carbocycles. The molecule has 0 radical (unpaired) electrons. The lowest BCUT2D eigenvalue weighted by Gasteiger charge is -2.01. The van der Waals surface area contributed by atoms with E-state index in [1.807, 2.05) is 18.2 Å². The first-order valence-corrected chi connectivity index (χ1v) is 6.25. The summed E-state index contributed by atoms with van der Waals surface area (Å²) in [5.74, 6) is 0.516. The zero-order chi connectivity index (χ0) is 12.4. The van der Waals surface area contributed by atoms with E-state index in [2.05, 4.69) is 10.3 Å². The number of carbonyl (C=O) groups excluding carboxylic acids is 1. The Balaban J connectivity index is 2.28. The maximum atomic E-state index is 11.4. The SMILES string of the molecule is COc1ccc2nc(NC(=O)C(C)Cl)sc2c1. The number of methoxy groups -OCH3 is 1. The van der Waals surface area contributed by atoms with Gasteiger partial charge in [-0.2, -0.15) is 0 Å². The molecule has 0 saturated heterocycles. The van der Waals surface area contributed by atoms with Crippen molar-refractivity contribution in [1.29, 1.82) is 0 Å². The fraction of sp³-hybridized carbons (Fsp3) is 0.273. The number of rotatable bonds is 3. The largest absolute Gasteiger partial charge is 0.497 e. The number of anilines is 1. The molecule has 0 fully saturated rings. The molecule has 1 N–H and O–H groups in total. The van der Waals surface area contributed by atoms with Gasteiger partial charge in [-0.15, -0.1) is 11.6 Å². The molecule has 1 unspecified atom stereocenters. The fourth-order valence-corrected chi connectivity index (χ4v) is 2.24. The molecule has 1 aromatic carbocycles. The van der Waals surface area contributed by atoms with Crippen molar-refractivity contribution < 1.29 is 9.53 Å². The van der Waals surface area contributed by atoms with E-state index in [0.717, 1.165) is 16.0 Å². The van der Waals surface area contributed by atoms with E-state index in [4.69, 9.17) is 16.3 Å². The van der Waals surface area contributed by atoms with Gasteiger partial charge in [-0.3, -0.25) is 4.79 Å². The number of amides is 1. The van der Waals surface area contributed by atoms with E-state index in [0.29, 0.717) is 5.13 Å². The van der Waals surface area contributed by atoms with Gasteiger partial charge < -0.3 is 10.1 Å². The van der Waals surface area contributed by atoms with E-state index < -0.39 is 5.38 Å². The van der Waals surface area contributed by atoms with Crippen LogP contribution in [0.15, 0.2) is 18.2 Å². The summed E-state index contributed by atoms with van der Waals surface area (Å²) in [6, 6.07) is 5.56. The number of nitrogens with one attached hydrogen (secondary N) is 1. The number of ether oxygens (including phenoxy) is 1. The van der Waals surface area contributed by atoms with Crippen molar-refractivity contribution in [3.63, 3.8) is 0 Å². The van der Waals surface area contributed by atoms with E-state index in [-0.39, 0.29) is 5.91 Å². The Morgan fingerprint density at radius 1 is 1.59 bits per heavy atom. The summed E-state index contributed by atoms with van der Waals surface area (Å²) >= 11 is 7.06. The number of nitrogens with zero attached hydrogens (tertiary/aromatic N) is 1. The molecule has 0 bridgehead atoms. The molecule has 1 aromatic heterocycles. The predicted octanol–water partition coefficient (Wildman–Crippen LogP) is 2.87. The summed E-state index contributed by atoms with van der Waals surface area (Å²) in [6.45, 7) is 1.62. The quantitative estimate of drug-likeness (QED) is 0.873. The summed E-state index contributed by atoms with van der Waals surface area (Å²) in [6.07, 6.45) is 0. The second-order valence-electron chi connectivity index (χ2n) is 3.46. The molecule has 0 spiro atoms. The minimum absolute atomic E-state index is 0.252. The molecule has 1 atom stereocenters. The molecule has 4 nitrogen and oxygen atoms in total. The lowest BCUT2D eigenvalue weighted by Crippen LogP contribution is -2.19. The second-order valence-corrected chi connectivity index (χ2v) is 5.14. The topological polar surface area (TPSA) is 51.2 Å². The number of hydrogen-bond acceptors (Lipinski definition) is 4. The standard InChI is InChI=1S/C11H11ClN2O2S/c1-6(12)10(15)14-11-13-8-4-3-7(16-2)5-9(8)17-11/h3-6H,1-2H3,(H,13,14,15). The van der Waals surface area contributed by atoms with Crippen LogP contribution in [0.5, 0.6) is 5.75 Å². The number of benzene rings is 1.